The van der Waals surface area contributed by atoms with Gasteiger partial charge in [-0.2, -0.15) is 0 Å². The molecule has 1 aromatic heterocycles. The zero-order valence-corrected chi connectivity index (χ0v) is 18.9. The molecular weight excluding hydrogens is 394 g/mol. The Labute approximate surface area is 182 Å². The fraction of sp³-hybridized carbons (Fsp3) is 0.320. The Balaban J connectivity index is 0.000000628. The molecule has 0 unspecified atom stereocenters. The minimum atomic E-state index is -0.833. The fourth-order valence-corrected chi connectivity index (χ4v) is 4.16. The number of rotatable bonds is 3. The summed E-state index contributed by atoms with van der Waals surface area (Å²) in [5.74, 6) is 1.07. The highest BCUT2D eigenvalue weighted by atomic mass is 16.5. The molecule has 2 N–H and O–H groups in total. The van der Waals surface area contributed by atoms with Crippen molar-refractivity contribution in [2.24, 2.45) is 0 Å². The minimum Gasteiger partial charge on any atom is -0.507 e. The average molecular weight is 424 g/mol. The van der Waals surface area contributed by atoms with E-state index in [1.54, 1.807) is 14.2 Å². The number of ether oxygens (including phenoxy) is 2. The van der Waals surface area contributed by atoms with Crippen molar-refractivity contribution in [3.05, 3.63) is 52.7 Å². The molecule has 0 spiro atoms. The summed E-state index contributed by atoms with van der Waals surface area (Å²) in [5.41, 5.74) is 9.08. The van der Waals surface area contributed by atoms with Gasteiger partial charge in [-0.25, -0.2) is 0 Å². The van der Waals surface area contributed by atoms with Crippen molar-refractivity contribution in [3.63, 3.8) is 0 Å². The maximum atomic E-state index is 10.1. The van der Waals surface area contributed by atoms with E-state index in [-0.39, 0.29) is 0 Å². The second kappa shape index (κ2) is 8.76. The molecule has 0 saturated carbocycles. The van der Waals surface area contributed by atoms with Crippen molar-refractivity contribution < 1.29 is 24.5 Å². The summed E-state index contributed by atoms with van der Waals surface area (Å²) in [6.45, 7) is 8.09. The number of nitrogens with zero attached hydrogens (tertiary/aromatic N) is 1. The first-order valence-corrected chi connectivity index (χ1v) is 10.1. The normalized spacial score (nSPS) is 11.7. The molecule has 0 amide bonds. The van der Waals surface area contributed by atoms with Crippen LogP contribution in [0.15, 0.2) is 30.3 Å². The van der Waals surface area contributed by atoms with Crippen LogP contribution in [0.3, 0.4) is 0 Å². The zero-order chi connectivity index (χ0) is 22.9. The number of methoxy groups -OCH3 is 2. The molecule has 1 aliphatic heterocycles. The standard InChI is InChI=1S/C23H25NO3.C2H4O2/c1-13-8-17(9-14(2)23(13)25)18-11-20-19-12-22(27-5)21(26-4)10-16(19)6-7-24(20)15(18)3;1-2(3)4/h8-12,25H,6-7H2,1-5H3;1H3,(H,3,4). The number of hydrogen-bond donors (Lipinski definition) is 2. The molecule has 0 bridgehead atoms. The fourth-order valence-electron chi connectivity index (χ4n) is 4.16. The third kappa shape index (κ3) is 4.24. The van der Waals surface area contributed by atoms with Gasteiger partial charge in [-0.05, 0) is 79.8 Å². The summed E-state index contributed by atoms with van der Waals surface area (Å²) in [6, 6.07) is 10.5. The summed E-state index contributed by atoms with van der Waals surface area (Å²) in [7, 11) is 3.35. The van der Waals surface area contributed by atoms with Crippen LogP contribution < -0.4 is 9.47 Å². The lowest BCUT2D eigenvalue weighted by atomic mass is 9.96. The summed E-state index contributed by atoms with van der Waals surface area (Å²) >= 11 is 0. The van der Waals surface area contributed by atoms with Crippen LogP contribution in [0.1, 0.15) is 29.3 Å². The Morgan fingerprint density at radius 2 is 1.48 bits per heavy atom. The first kappa shape index (κ1) is 22.3. The molecule has 0 saturated heterocycles. The third-order valence-electron chi connectivity index (χ3n) is 5.66. The first-order chi connectivity index (χ1) is 14.7. The molecule has 2 aromatic carbocycles. The highest BCUT2D eigenvalue weighted by Gasteiger charge is 2.23. The number of carbonyl (C=O) groups is 1. The largest absolute Gasteiger partial charge is 0.507 e. The van der Waals surface area contributed by atoms with E-state index in [1.807, 2.05) is 13.8 Å². The lowest BCUT2D eigenvalue weighted by Gasteiger charge is -2.22. The van der Waals surface area contributed by atoms with Gasteiger partial charge in [-0.1, -0.05) is 0 Å². The number of benzene rings is 2. The molecule has 0 radical (unpaired) electrons. The number of phenols is 1. The van der Waals surface area contributed by atoms with Crippen LogP contribution in [0.4, 0.5) is 0 Å². The SMILES string of the molecule is CC(=O)O.COc1cc2c(cc1OC)-c1cc(-c3cc(C)c(O)c(C)c3)c(C)n1CC2. The number of aromatic hydroxyl groups is 1. The number of carboxylic acid groups (broad SMARTS) is 1. The van der Waals surface area contributed by atoms with Gasteiger partial charge in [0.2, 0.25) is 0 Å². The van der Waals surface area contributed by atoms with Gasteiger partial charge >= 0.3 is 0 Å². The van der Waals surface area contributed by atoms with Crippen molar-refractivity contribution >= 4 is 5.97 Å². The van der Waals surface area contributed by atoms with E-state index in [2.05, 4.69) is 41.8 Å². The highest BCUT2D eigenvalue weighted by Crippen LogP contribution is 2.42. The summed E-state index contributed by atoms with van der Waals surface area (Å²) < 4.78 is 13.4. The smallest absolute Gasteiger partial charge is 0.300 e. The first-order valence-electron chi connectivity index (χ1n) is 10.1. The van der Waals surface area contributed by atoms with Gasteiger partial charge in [0, 0.05) is 36.0 Å². The maximum absolute atomic E-state index is 10.1. The summed E-state index contributed by atoms with van der Waals surface area (Å²) in [5, 5.41) is 17.5. The molecule has 4 rings (SSSR count). The van der Waals surface area contributed by atoms with Gasteiger partial charge < -0.3 is 24.3 Å². The van der Waals surface area contributed by atoms with Gasteiger partial charge in [-0.15, -0.1) is 0 Å². The van der Waals surface area contributed by atoms with E-state index < -0.39 is 5.97 Å². The monoisotopic (exact) mass is 423 g/mol. The van der Waals surface area contributed by atoms with E-state index in [0.29, 0.717) is 5.75 Å². The van der Waals surface area contributed by atoms with Crippen LogP contribution in [-0.2, 0) is 17.8 Å². The van der Waals surface area contributed by atoms with Gasteiger partial charge in [-0.3, -0.25) is 4.79 Å². The predicted molar refractivity (Wildman–Crippen MR) is 121 cm³/mol. The Bertz CT molecular complexity index is 1120. The van der Waals surface area contributed by atoms with Crippen LogP contribution in [-0.4, -0.2) is 35.0 Å². The van der Waals surface area contributed by atoms with E-state index in [1.165, 1.54) is 28.1 Å². The second-order valence-corrected chi connectivity index (χ2v) is 7.77. The molecule has 6 nitrogen and oxygen atoms in total. The van der Waals surface area contributed by atoms with Gasteiger partial charge in [0.1, 0.15) is 5.75 Å². The van der Waals surface area contributed by atoms with Crippen LogP contribution in [0.5, 0.6) is 17.2 Å². The number of phenolic OH excluding ortho intramolecular Hbond substituents is 1. The van der Waals surface area contributed by atoms with E-state index in [4.69, 9.17) is 19.4 Å². The average Bonchev–Trinajstić information content (AvgIpc) is 3.07. The molecule has 31 heavy (non-hydrogen) atoms. The topological polar surface area (TPSA) is 80.9 Å². The second-order valence-electron chi connectivity index (χ2n) is 7.77. The number of hydrogen-bond acceptors (Lipinski definition) is 4. The lowest BCUT2D eigenvalue weighted by Crippen LogP contribution is -2.12. The van der Waals surface area contributed by atoms with Crippen molar-refractivity contribution in [2.45, 2.75) is 40.7 Å². The van der Waals surface area contributed by atoms with Gasteiger partial charge in [0.05, 0.1) is 14.2 Å². The highest BCUT2D eigenvalue weighted by molar-refractivity contribution is 5.79. The number of aliphatic carboxylic acids is 1. The number of aromatic nitrogens is 1. The predicted octanol–water partition coefficient (Wildman–Crippen LogP) is 5.12. The molecule has 0 atom stereocenters. The van der Waals surface area contributed by atoms with Crippen LogP contribution >= 0.6 is 0 Å². The minimum absolute atomic E-state index is 0.377. The lowest BCUT2D eigenvalue weighted by molar-refractivity contribution is -0.134. The third-order valence-corrected chi connectivity index (χ3v) is 5.66. The van der Waals surface area contributed by atoms with Crippen molar-refractivity contribution in [1.29, 1.82) is 0 Å². The summed E-state index contributed by atoms with van der Waals surface area (Å²) in [6.07, 6.45) is 0.964. The number of carboxylic acids is 1. The van der Waals surface area contributed by atoms with Crippen LogP contribution in [0, 0.1) is 20.8 Å². The molecule has 0 aliphatic carbocycles. The number of aryl methyl sites for hydroxylation is 3. The molecule has 1 aliphatic rings. The molecule has 164 valence electrons. The Kier molecular flexibility index (Phi) is 6.29. The van der Waals surface area contributed by atoms with Crippen LogP contribution in [0.2, 0.25) is 0 Å². The van der Waals surface area contributed by atoms with E-state index >= 15 is 0 Å². The van der Waals surface area contributed by atoms with Crippen molar-refractivity contribution in [2.75, 3.05) is 14.2 Å². The Morgan fingerprint density at radius 1 is 0.935 bits per heavy atom. The van der Waals surface area contributed by atoms with Gasteiger partial charge in [0.25, 0.3) is 5.97 Å². The molecule has 6 heteroatoms. The molecular formula is C25H29NO5. The van der Waals surface area contributed by atoms with Gasteiger partial charge in [0.15, 0.2) is 11.5 Å². The Morgan fingerprint density at radius 3 is 2.03 bits per heavy atom. The summed E-state index contributed by atoms with van der Waals surface area (Å²) in [4.78, 5) is 9.00. The molecule has 3 aromatic rings. The van der Waals surface area contributed by atoms with Crippen LogP contribution in [0.25, 0.3) is 22.4 Å². The van der Waals surface area contributed by atoms with E-state index in [0.717, 1.165) is 48.1 Å². The van der Waals surface area contributed by atoms with Crippen molar-refractivity contribution in [1.82, 2.24) is 4.57 Å². The molecule has 2 heterocycles. The maximum Gasteiger partial charge on any atom is 0.300 e. The molecule has 0 fully saturated rings. The zero-order valence-electron chi connectivity index (χ0n) is 18.9. The quantitative estimate of drug-likeness (QED) is 0.611. The Hall–Kier alpha value is -3.41. The number of fused-ring (bicyclic) bond motifs is 3. The van der Waals surface area contributed by atoms with E-state index in [9.17, 15) is 5.11 Å². The van der Waals surface area contributed by atoms with Crippen molar-refractivity contribution in [3.8, 4) is 39.6 Å².